The third kappa shape index (κ3) is 4.68. The predicted octanol–water partition coefficient (Wildman–Crippen LogP) is -0.406. The second kappa shape index (κ2) is 8.27. The molecule has 3 rings (SSSR count). The van der Waals surface area contributed by atoms with Crippen molar-refractivity contribution >= 4 is 27.7 Å². The molecule has 9 nitrogen and oxygen atoms in total. The van der Waals surface area contributed by atoms with Crippen LogP contribution in [0, 0.1) is 0 Å². The molecule has 152 valence electrons. The van der Waals surface area contributed by atoms with Crippen LogP contribution < -0.4 is 15.4 Å². The summed E-state index contributed by atoms with van der Waals surface area (Å²) in [4.78, 5) is 38.0. The number of carbonyl (C=O) groups is 3. The summed E-state index contributed by atoms with van der Waals surface area (Å²) in [5, 5.41) is 5.07. The summed E-state index contributed by atoms with van der Waals surface area (Å²) in [6.07, 6.45) is 3.02. The summed E-state index contributed by atoms with van der Waals surface area (Å²) in [7, 11) is -2.05. The summed E-state index contributed by atoms with van der Waals surface area (Å²) in [5.41, 5.74) is 0.252. The fourth-order valence-electron chi connectivity index (χ4n) is 3.14. The van der Waals surface area contributed by atoms with E-state index in [-0.39, 0.29) is 34.9 Å². The number of hydrogen-bond acceptors (Lipinski definition) is 5. The average Bonchev–Trinajstić information content (AvgIpc) is 3.35. The highest BCUT2D eigenvalue weighted by Crippen LogP contribution is 2.22. The lowest BCUT2D eigenvalue weighted by molar-refractivity contribution is -0.137. The van der Waals surface area contributed by atoms with Gasteiger partial charge in [-0.2, -0.15) is 0 Å². The number of rotatable bonds is 7. The Hall–Kier alpha value is -2.46. The average molecular weight is 408 g/mol. The molecule has 0 radical (unpaired) electrons. The number of sulfonamides is 1. The van der Waals surface area contributed by atoms with E-state index in [2.05, 4.69) is 15.4 Å². The van der Waals surface area contributed by atoms with Crippen LogP contribution in [0.5, 0.6) is 0 Å². The van der Waals surface area contributed by atoms with Crippen molar-refractivity contribution in [3.63, 3.8) is 0 Å². The van der Waals surface area contributed by atoms with Crippen molar-refractivity contribution in [2.45, 2.75) is 42.7 Å². The van der Waals surface area contributed by atoms with Gasteiger partial charge in [-0.05, 0) is 49.9 Å². The number of benzene rings is 1. The Labute approximate surface area is 163 Å². The van der Waals surface area contributed by atoms with Gasteiger partial charge in [0.2, 0.25) is 21.8 Å². The number of amides is 3. The van der Waals surface area contributed by atoms with Gasteiger partial charge in [0.05, 0.1) is 11.4 Å². The van der Waals surface area contributed by atoms with E-state index in [9.17, 15) is 22.8 Å². The third-order valence-electron chi connectivity index (χ3n) is 4.85. The minimum absolute atomic E-state index is 0.00295. The molecular weight excluding hydrogens is 384 g/mol. The molecule has 1 unspecified atom stereocenters. The number of nitrogens with zero attached hydrogens (tertiary/aromatic N) is 1. The van der Waals surface area contributed by atoms with Gasteiger partial charge < -0.3 is 15.5 Å². The molecule has 2 aliphatic rings. The fraction of sp³-hybridized carbons (Fsp3) is 0.500. The zero-order valence-electron chi connectivity index (χ0n) is 15.6. The molecule has 0 spiro atoms. The smallest absolute Gasteiger partial charge is 0.251 e. The molecule has 2 fully saturated rings. The Kier molecular flexibility index (Phi) is 5.99. The van der Waals surface area contributed by atoms with Crippen LogP contribution in [-0.2, 0) is 19.6 Å². The first-order chi connectivity index (χ1) is 13.3. The van der Waals surface area contributed by atoms with Crippen LogP contribution in [-0.4, -0.2) is 63.3 Å². The molecule has 1 atom stereocenters. The van der Waals surface area contributed by atoms with Crippen molar-refractivity contribution in [1.29, 1.82) is 0 Å². The number of likely N-dealkylation sites (N-methyl/N-ethyl adjacent to an activating group) is 1. The molecule has 1 saturated heterocycles. The maximum Gasteiger partial charge on any atom is 0.251 e. The van der Waals surface area contributed by atoms with Crippen LogP contribution in [0.15, 0.2) is 29.2 Å². The van der Waals surface area contributed by atoms with Crippen LogP contribution in [0.2, 0.25) is 0 Å². The summed E-state index contributed by atoms with van der Waals surface area (Å²) in [5.74, 6) is -1.02. The van der Waals surface area contributed by atoms with E-state index < -0.39 is 22.0 Å². The lowest BCUT2D eigenvalue weighted by Crippen LogP contribution is -2.48. The van der Waals surface area contributed by atoms with Gasteiger partial charge in [0.25, 0.3) is 5.91 Å². The molecule has 28 heavy (non-hydrogen) atoms. The predicted molar refractivity (Wildman–Crippen MR) is 101 cm³/mol. The topological polar surface area (TPSA) is 125 Å². The van der Waals surface area contributed by atoms with Gasteiger partial charge in [-0.3, -0.25) is 14.4 Å². The van der Waals surface area contributed by atoms with E-state index in [1.165, 1.54) is 36.2 Å². The molecule has 1 aliphatic carbocycles. The SMILES string of the molecule is CNC(=O)C1CCCN1C(=O)CNC(=O)c1ccc(S(=O)(=O)NC2CC2)cc1. The largest absolute Gasteiger partial charge is 0.357 e. The zero-order valence-corrected chi connectivity index (χ0v) is 16.4. The summed E-state index contributed by atoms with van der Waals surface area (Å²) >= 11 is 0. The molecule has 0 bridgehead atoms. The standard InChI is InChI=1S/C18H24N4O5S/c1-19-18(25)15-3-2-10-22(15)16(23)11-20-17(24)12-4-8-14(9-5-12)28(26,27)21-13-6-7-13/h4-5,8-9,13,15,21H,2-3,6-7,10-11H2,1H3,(H,19,25)(H,20,24). The van der Waals surface area contributed by atoms with Crippen molar-refractivity contribution in [3.05, 3.63) is 29.8 Å². The maximum atomic E-state index is 12.3. The van der Waals surface area contributed by atoms with Crippen molar-refractivity contribution in [2.24, 2.45) is 0 Å². The molecule has 3 amide bonds. The maximum absolute atomic E-state index is 12.3. The second-order valence-electron chi connectivity index (χ2n) is 6.96. The van der Waals surface area contributed by atoms with E-state index in [1.54, 1.807) is 0 Å². The highest BCUT2D eigenvalue weighted by Gasteiger charge is 2.33. The molecule has 10 heteroatoms. The molecule has 1 aliphatic heterocycles. The Morgan fingerprint density at radius 1 is 1.11 bits per heavy atom. The normalized spacial score (nSPS) is 19.3. The minimum atomic E-state index is -3.57. The third-order valence-corrected chi connectivity index (χ3v) is 6.38. The summed E-state index contributed by atoms with van der Waals surface area (Å²) in [6.45, 7) is 0.253. The minimum Gasteiger partial charge on any atom is -0.357 e. The van der Waals surface area contributed by atoms with E-state index in [0.717, 1.165) is 19.3 Å². The molecular formula is C18H24N4O5S. The van der Waals surface area contributed by atoms with Crippen LogP contribution in [0.25, 0.3) is 0 Å². The Bertz CT molecular complexity index is 864. The molecule has 1 aromatic rings. The fourth-order valence-corrected chi connectivity index (χ4v) is 4.44. The van der Waals surface area contributed by atoms with Crippen molar-refractivity contribution < 1.29 is 22.8 Å². The molecule has 0 aromatic heterocycles. The van der Waals surface area contributed by atoms with Crippen LogP contribution in [0.3, 0.4) is 0 Å². The first-order valence-electron chi connectivity index (χ1n) is 9.23. The van der Waals surface area contributed by atoms with Gasteiger partial charge >= 0.3 is 0 Å². The van der Waals surface area contributed by atoms with Gasteiger partial charge in [-0.1, -0.05) is 0 Å². The van der Waals surface area contributed by atoms with Crippen molar-refractivity contribution in [2.75, 3.05) is 20.1 Å². The van der Waals surface area contributed by atoms with Crippen LogP contribution in [0.1, 0.15) is 36.0 Å². The quantitative estimate of drug-likeness (QED) is 0.566. The van der Waals surface area contributed by atoms with Gasteiger partial charge in [-0.15, -0.1) is 0 Å². The Morgan fingerprint density at radius 2 is 1.79 bits per heavy atom. The van der Waals surface area contributed by atoms with Crippen LogP contribution >= 0.6 is 0 Å². The van der Waals surface area contributed by atoms with Gasteiger partial charge in [-0.25, -0.2) is 13.1 Å². The number of likely N-dealkylation sites (tertiary alicyclic amines) is 1. The molecule has 1 saturated carbocycles. The molecule has 3 N–H and O–H groups in total. The first kappa shape index (κ1) is 20.3. The monoisotopic (exact) mass is 408 g/mol. The van der Waals surface area contributed by atoms with E-state index in [4.69, 9.17) is 0 Å². The number of nitrogens with one attached hydrogen (secondary N) is 3. The summed E-state index contributed by atoms with van der Waals surface area (Å²) < 4.78 is 26.9. The lowest BCUT2D eigenvalue weighted by atomic mass is 10.2. The Morgan fingerprint density at radius 3 is 2.39 bits per heavy atom. The van der Waals surface area contributed by atoms with E-state index in [1.807, 2.05) is 0 Å². The van der Waals surface area contributed by atoms with Crippen molar-refractivity contribution in [3.8, 4) is 0 Å². The molecule has 1 heterocycles. The zero-order chi connectivity index (χ0) is 20.3. The van der Waals surface area contributed by atoms with E-state index in [0.29, 0.717) is 13.0 Å². The van der Waals surface area contributed by atoms with Gasteiger partial charge in [0.15, 0.2) is 0 Å². The first-order valence-corrected chi connectivity index (χ1v) is 10.7. The highest BCUT2D eigenvalue weighted by molar-refractivity contribution is 7.89. The highest BCUT2D eigenvalue weighted by atomic mass is 32.2. The number of carbonyl (C=O) groups excluding carboxylic acids is 3. The lowest BCUT2D eigenvalue weighted by Gasteiger charge is -2.23. The van der Waals surface area contributed by atoms with Crippen molar-refractivity contribution in [1.82, 2.24) is 20.3 Å². The van der Waals surface area contributed by atoms with Gasteiger partial charge in [0, 0.05) is 25.2 Å². The second-order valence-corrected chi connectivity index (χ2v) is 8.68. The summed E-state index contributed by atoms with van der Waals surface area (Å²) in [6, 6.07) is 5.04. The van der Waals surface area contributed by atoms with Crippen LogP contribution in [0.4, 0.5) is 0 Å². The Balaban J connectivity index is 1.56. The van der Waals surface area contributed by atoms with Gasteiger partial charge in [0.1, 0.15) is 6.04 Å². The van der Waals surface area contributed by atoms with E-state index >= 15 is 0 Å². The number of hydrogen-bond donors (Lipinski definition) is 3. The molecule has 1 aromatic carbocycles.